The maximum atomic E-state index is 12.8. The van der Waals surface area contributed by atoms with Crippen LogP contribution in [-0.4, -0.2) is 32.8 Å². The third-order valence-corrected chi connectivity index (χ3v) is 6.43. The van der Waals surface area contributed by atoms with Crippen molar-refractivity contribution in [3.05, 3.63) is 82.4 Å². The highest BCUT2D eigenvalue weighted by Gasteiger charge is 2.29. The molecular weight excluding hydrogens is 404 g/mol. The van der Waals surface area contributed by atoms with Gasteiger partial charge in [0.25, 0.3) is 5.56 Å². The molecule has 7 heteroatoms. The third kappa shape index (κ3) is 4.34. The van der Waals surface area contributed by atoms with Gasteiger partial charge in [0.1, 0.15) is 6.10 Å². The lowest BCUT2D eigenvalue weighted by molar-refractivity contribution is -0.135. The Morgan fingerprint density at radius 3 is 2.59 bits per heavy atom. The molecule has 0 saturated heterocycles. The highest BCUT2D eigenvalue weighted by Crippen LogP contribution is 2.28. The van der Waals surface area contributed by atoms with Crippen molar-refractivity contribution < 1.29 is 9.53 Å². The van der Waals surface area contributed by atoms with Gasteiger partial charge in [0.05, 0.1) is 18.3 Å². The van der Waals surface area contributed by atoms with Crippen LogP contribution in [0.1, 0.15) is 42.9 Å². The number of aromatic nitrogens is 3. The number of rotatable bonds is 4. The minimum atomic E-state index is -0.442. The molecule has 0 bridgehead atoms. The maximum Gasteiger partial charge on any atom is 0.267 e. The lowest BCUT2D eigenvalue weighted by Crippen LogP contribution is -2.46. The molecule has 2 aromatic heterocycles. The van der Waals surface area contributed by atoms with Crippen LogP contribution in [0.3, 0.4) is 0 Å². The molecule has 1 fully saturated rings. The SMILES string of the molecule is O=C(NC1CCC(n2nc(-c3cccnc3)ccc2=O)CC1)C1Cc2ccccc2CO1. The van der Waals surface area contributed by atoms with Crippen molar-refractivity contribution >= 4 is 5.91 Å². The first-order chi connectivity index (χ1) is 15.7. The molecule has 0 radical (unpaired) electrons. The van der Waals surface area contributed by atoms with E-state index in [4.69, 9.17) is 4.74 Å². The van der Waals surface area contributed by atoms with Gasteiger partial charge < -0.3 is 10.1 Å². The van der Waals surface area contributed by atoms with Crippen LogP contribution in [0.5, 0.6) is 0 Å². The quantitative estimate of drug-likeness (QED) is 0.688. The molecule has 1 saturated carbocycles. The summed E-state index contributed by atoms with van der Waals surface area (Å²) >= 11 is 0. The summed E-state index contributed by atoms with van der Waals surface area (Å²) in [5.41, 5.74) is 3.86. The number of carbonyl (C=O) groups is 1. The maximum absolute atomic E-state index is 12.8. The number of benzene rings is 1. The molecule has 2 aliphatic rings. The number of nitrogens with zero attached hydrogens (tertiary/aromatic N) is 3. The third-order valence-electron chi connectivity index (χ3n) is 6.43. The first kappa shape index (κ1) is 20.6. The lowest BCUT2D eigenvalue weighted by Gasteiger charge is -2.31. The minimum absolute atomic E-state index is 0.0325. The van der Waals surface area contributed by atoms with Crippen molar-refractivity contribution in [1.82, 2.24) is 20.1 Å². The van der Waals surface area contributed by atoms with Gasteiger partial charge in [-0.15, -0.1) is 0 Å². The lowest BCUT2D eigenvalue weighted by atomic mass is 9.90. The van der Waals surface area contributed by atoms with E-state index in [0.29, 0.717) is 13.0 Å². The summed E-state index contributed by atoms with van der Waals surface area (Å²) in [6, 6.07) is 15.3. The van der Waals surface area contributed by atoms with Gasteiger partial charge in [-0.25, -0.2) is 4.68 Å². The van der Waals surface area contributed by atoms with Gasteiger partial charge in [-0.05, 0) is 55.0 Å². The fourth-order valence-electron chi connectivity index (χ4n) is 4.63. The average Bonchev–Trinajstić information content (AvgIpc) is 2.85. The van der Waals surface area contributed by atoms with Crippen LogP contribution in [0, 0.1) is 0 Å². The average molecular weight is 431 g/mol. The molecule has 7 nitrogen and oxygen atoms in total. The van der Waals surface area contributed by atoms with E-state index >= 15 is 0 Å². The second kappa shape index (κ2) is 9.04. The summed E-state index contributed by atoms with van der Waals surface area (Å²) < 4.78 is 7.40. The molecule has 32 heavy (non-hydrogen) atoms. The number of hydrogen-bond donors (Lipinski definition) is 1. The Morgan fingerprint density at radius 1 is 1.00 bits per heavy atom. The number of fused-ring (bicyclic) bond motifs is 1. The normalized spacial score (nSPS) is 22.7. The first-order valence-electron chi connectivity index (χ1n) is 11.2. The molecule has 1 atom stereocenters. The molecule has 164 valence electrons. The zero-order valence-electron chi connectivity index (χ0n) is 17.8. The van der Waals surface area contributed by atoms with Gasteiger partial charge in [-0.2, -0.15) is 5.10 Å². The molecule has 0 spiro atoms. The standard InChI is InChI=1S/C25H26N4O3/c30-24-12-11-22(18-6-3-13-26-15-18)28-29(24)21-9-7-20(8-10-21)27-25(31)23-14-17-4-1-2-5-19(17)16-32-23/h1-6,11-13,15,20-21,23H,7-10,14,16H2,(H,27,31). The van der Waals surface area contributed by atoms with Crippen molar-refractivity contribution in [2.75, 3.05) is 0 Å². The molecule has 1 N–H and O–H groups in total. The fraction of sp³-hybridized carbons (Fsp3) is 0.360. The Labute approximate surface area is 186 Å². The molecule has 1 aliphatic heterocycles. The monoisotopic (exact) mass is 430 g/mol. The number of nitrogens with one attached hydrogen (secondary N) is 1. The molecule has 5 rings (SSSR count). The van der Waals surface area contributed by atoms with Crippen LogP contribution >= 0.6 is 0 Å². The Hall–Kier alpha value is -3.32. The van der Waals surface area contributed by atoms with Crippen molar-refractivity contribution in [3.63, 3.8) is 0 Å². The highest BCUT2D eigenvalue weighted by molar-refractivity contribution is 5.81. The topological polar surface area (TPSA) is 86.1 Å². The smallest absolute Gasteiger partial charge is 0.267 e. The van der Waals surface area contributed by atoms with Crippen molar-refractivity contribution in [2.24, 2.45) is 0 Å². The van der Waals surface area contributed by atoms with E-state index in [1.54, 1.807) is 29.2 Å². The largest absolute Gasteiger partial charge is 0.363 e. The van der Waals surface area contributed by atoms with E-state index in [0.717, 1.165) is 42.5 Å². The molecule has 1 aromatic carbocycles. The number of pyridine rings is 1. The van der Waals surface area contributed by atoms with E-state index in [1.165, 1.54) is 5.56 Å². The van der Waals surface area contributed by atoms with Gasteiger partial charge in [0, 0.05) is 36.5 Å². The predicted octanol–water partition coefficient (Wildman–Crippen LogP) is 3.05. The molecule has 1 unspecified atom stereocenters. The Bertz CT molecular complexity index is 1150. The van der Waals surface area contributed by atoms with E-state index < -0.39 is 6.10 Å². The molecule has 1 aliphatic carbocycles. The fourth-order valence-corrected chi connectivity index (χ4v) is 4.63. The summed E-state index contributed by atoms with van der Waals surface area (Å²) in [7, 11) is 0. The first-order valence-corrected chi connectivity index (χ1v) is 11.2. The van der Waals surface area contributed by atoms with Gasteiger partial charge in [0.2, 0.25) is 5.91 Å². The Morgan fingerprint density at radius 2 is 1.81 bits per heavy atom. The van der Waals surface area contributed by atoms with Crippen molar-refractivity contribution in [2.45, 2.75) is 56.9 Å². The van der Waals surface area contributed by atoms with Gasteiger partial charge in [-0.3, -0.25) is 14.6 Å². The van der Waals surface area contributed by atoms with Crippen LogP contribution in [-0.2, 0) is 22.6 Å². The number of ether oxygens (including phenoxy) is 1. The summed E-state index contributed by atoms with van der Waals surface area (Å²) in [6.07, 6.45) is 6.84. The Kier molecular flexibility index (Phi) is 5.81. The highest BCUT2D eigenvalue weighted by atomic mass is 16.5. The van der Waals surface area contributed by atoms with Crippen LogP contribution in [0.4, 0.5) is 0 Å². The molecule has 1 amide bonds. The number of amides is 1. The van der Waals surface area contributed by atoms with Crippen LogP contribution in [0.2, 0.25) is 0 Å². The minimum Gasteiger partial charge on any atom is -0.363 e. The van der Waals surface area contributed by atoms with E-state index in [1.807, 2.05) is 30.3 Å². The van der Waals surface area contributed by atoms with Crippen LogP contribution < -0.4 is 10.9 Å². The molecule has 3 heterocycles. The van der Waals surface area contributed by atoms with E-state index in [-0.39, 0.29) is 23.6 Å². The molecular formula is C25H26N4O3. The molecule has 3 aromatic rings. The zero-order chi connectivity index (χ0) is 21.9. The number of hydrogen-bond acceptors (Lipinski definition) is 5. The van der Waals surface area contributed by atoms with Crippen LogP contribution in [0.15, 0.2) is 65.7 Å². The second-order valence-electron chi connectivity index (χ2n) is 8.53. The summed E-state index contributed by atoms with van der Waals surface area (Å²) in [5.74, 6) is -0.0446. The summed E-state index contributed by atoms with van der Waals surface area (Å²) in [6.45, 7) is 0.475. The Balaban J connectivity index is 1.20. The van der Waals surface area contributed by atoms with Crippen molar-refractivity contribution in [1.29, 1.82) is 0 Å². The van der Waals surface area contributed by atoms with Gasteiger partial charge in [0.15, 0.2) is 0 Å². The number of carbonyl (C=O) groups excluding carboxylic acids is 1. The summed E-state index contributed by atoms with van der Waals surface area (Å²) in [5, 5.41) is 7.77. The van der Waals surface area contributed by atoms with Gasteiger partial charge in [-0.1, -0.05) is 24.3 Å². The second-order valence-corrected chi connectivity index (χ2v) is 8.53. The van der Waals surface area contributed by atoms with Crippen LogP contribution in [0.25, 0.3) is 11.3 Å². The predicted molar refractivity (Wildman–Crippen MR) is 120 cm³/mol. The zero-order valence-corrected chi connectivity index (χ0v) is 17.8. The van der Waals surface area contributed by atoms with Crippen molar-refractivity contribution in [3.8, 4) is 11.3 Å². The van der Waals surface area contributed by atoms with E-state index in [2.05, 4.69) is 21.5 Å². The summed E-state index contributed by atoms with van der Waals surface area (Å²) in [4.78, 5) is 29.4. The van der Waals surface area contributed by atoms with E-state index in [9.17, 15) is 9.59 Å². The van der Waals surface area contributed by atoms with Gasteiger partial charge >= 0.3 is 0 Å².